The van der Waals surface area contributed by atoms with Gasteiger partial charge in [-0.05, 0) is 42.8 Å². The van der Waals surface area contributed by atoms with Crippen LogP contribution in [-0.2, 0) is 6.18 Å². The number of nitrogens with one attached hydrogen (secondary N) is 2. The van der Waals surface area contributed by atoms with Gasteiger partial charge >= 0.3 is 12.2 Å². The maximum absolute atomic E-state index is 13.4. The summed E-state index contributed by atoms with van der Waals surface area (Å²) in [6.07, 6.45) is -3.31. The fraction of sp³-hybridized carbons (Fsp3) is 0.211. The lowest BCUT2D eigenvalue weighted by atomic mass is 10.0. The van der Waals surface area contributed by atoms with Crippen LogP contribution in [0.1, 0.15) is 11.1 Å². The molecule has 0 aliphatic heterocycles. The first-order valence-electron chi connectivity index (χ1n) is 8.79. The van der Waals surface area contributed by atoms with E-state index in [9.17, 15) is 13.2 Å². The number of methoxy groups -OCH3 is 2. The first-order valence-corrected chi connectivity index (χ1v) is 9.17. The minimum absolute atomic E-state index is 0.00481. The molecule has 0 unspecified atom stereocenters. The second-order valence-electron chi connectivity index (χ2n) is 6.31. The molecule has 0 saturated heterocycles. The number of hydrogen-bond donors (Lipinski definition) is 2. The zero-order valence-corrected chi connectivity index (χ0v) is 17.7. The molecule has 3 aromatic rings. The van der Waals surface area contributed by atoms with Crippen LogP contribution in [-0.4, -0.2) is 39.3 Å². The first-order chi connectivity index (χ1) is 15.0. The van der Waals surface area contributed by atoms with Crippen molar-refractivity contribution >= 4 is 16.9 Å². The van der Waals surface area contributed by atoms with Gasteiger partial charge in [0.2, 0.25) is 17.1 Å². The quantitative estimate of drug-likeness (QED) is 0.432. The Morgan fingerprint density at radius 3 is 2.41 bits per heavy atom. The molecule has 9 nitrogen and oxygen atoms in total. The Kier molecular flexibility index (Phi) is 6.35. The first kappa shape index (κ1) is 23.0. The molecule has 3 rings (SSSR count). The Labute approximate surface area is 184 Å². The van der Waals surface area contributed by atoms with Crippen molar-refractivity contribution in [1.29, 1.82) is 10.8 Å². The van der Waals surface area contributed by atoms with Crippen LogP contribution in [0.5, 0.6) is 23.5 Å². The summed E-state index contributed by atoms with van der Waals surface area (Å²) in [6, 6.07) is 4.19. The lowest BCUT2D eigenvalue weighted by molar-refractivity contribution is -0.137. The van der Waals surface area contributed by atoms with E-state index in [0.29, 0.717) is 5.56 Å². The summed E-state index contributed by atoms with van der Waals surface area (Å²) in [5, 5.41) is 18.7. The number of alkyl halides is 3. The molecule has 2 aromatic heterocycles. The van der Waals surface area contributed by atoms with Crippen molar-refractivity contribution in [1.82, 2.24) is 19.7 Å². The van der Waals surface area contributed by atoms with Crippen LogP contribution in [0.3, 0.4) is 0 Å². The zero-order valence-electron chi connectivity index (χ0n) is 16.9. The van der Waals surface area contributed by atoms with Gasteiger partial charge in [-0.2, -0.15) is 22.8 Å². The summed E-state index contributed by atoms with van der Waals surface area (Å²) in [7, 11) is 2.69. The topological polar surface area (TPSA) is 119 Å². The van der Waals surface area contributed by atoms with E-state index < -0.39 is 17.0 Å². The highest BCUT2D eigenvalue weighted by Crippen LogP contribution is 2.41. The third-order valence-electron chi connectivity index (χ3n) is 4.21. The molecular weight excluding hydrogens is 453 g/mol. The van der Waals surface area contributed by atoms with Crippen LogP contribution in [0.15, 0.2) is 30.5 Å². The van der Waals surface area contributed by atoms with Gasteiger partial charge in [-0.3, -0.25) is 10.8 Å². The SMILES string of the molecule is COc1ncc(-c2ccc(C(F)(F)F)cc2Oc2nn(C(=N)Cl)c(=N)cc2C)c(OC)n1. The Balaban J connectivity index is 2.22. The van der Waals surface area contributed by atoms with E-state index in [-0.39, 0.29) is 40.1 Å². The van der Waals surface area contributed by atoms with Crippen LogP contribution < -0.4 is 19.7 Å². The molecule has 0 spiro atoms. The second-order valence-corrected chi connectivity index (χ2v) is 6.67. The maximum atomic E-state index is 13.4. The van der Waals surface area contributed by atoms with Gasteiger partial charge in [0.1, 0.15) is 11.2 Å². The van der Waals surface area contributed by atoms with Gasteiger partial charge in [-0.15, -0.1) is 5.10 Å². The molecule has 2 heterocycles. The summed E-state index contributed by atoms with van der Waals surface area (Å²) in [5.74, 6) is -0.335. The smallest absolute Gasteiger partial charge is 0.416 e. The Morgan fingerprint density at radius 1 is 1.09 bits per heavy atom. The summed E-state index contributed by atoms with van der Waals surface area (Å²) in [5.41, 5.74) is -0.405. The van der Waals surface area contributed by atoms with Gasteiger partial charge in [0.15, 0.2) is 0 Å². The highest BCUT2D eigenvalue weighted by atomic mass is 35.5. The summed E-state index contributed by atoms with van der Waals surface area (Å²) >= 11 is 5.63. The van der Waals surface area contributed by atoms with Crippen molar-refractivity contribution in [3.05, 3.63) is 47.1 Å². The monoisotopic (exact) mass is 468 g/mol. The van der Waals surface area contributed by atoms with Crippen LogP contribution in [0, 0.1) is 17.7 Å². The van der Waals surface area contributed by atoms with Crippen molar-refractivity contribution in [3.8, 4) is 34.6 Å². The van der Waals surface area contributed by atoms with Gasteiger partial charge < -0.3 is 14.2 Å². The molecule has 0 radical (unpaired) electrons. The predicted molar refractivity (Wildman–Crippen MR) is 107 cm³/mol. The normalized spacial score (nSPS) is 11.2. The second kappa shape index (κ2) is 8.83. The highest BCUT2D eigenvalue weighted by molar-refractivity contribution is 6.64. The fourth-order valence-electron chi connectivity index (χ4n) is 2.70. The van der Waals surface area contributed by atoms with Crippen LogP contribution in [0.2, 0.25) is 0 Å². The summed E-state index contributed by atoms with van der Waals surface area (Å²) in [4.78, 5) is 8.04. The number of nitrogens with zero attached hydrogens (tertiary/aromatic N) is 4. The Morgan fingerprint density at radius 2 is 1.81 bits per heavy atom. The molecule has 0 aliphatic rings. The summed E-state index contributed by atoms with van der Waals surface area (Å²) in [6.45, 7) is 1.55. The van der Waals surface area contributed by atoms with Gasteiger partial charge in [0.05, 0.1) is 25.3 Å². The molecule has 32 heavy (non-hydrogen) atoms. The lowest BCUT2D eigenvalue weighted by Gasteiger charge is -2.17. The van der Waals surface area contributed by atoms with Gasteiger partial charge in [0, 0.05) is 17.3 Å². The van der Waals surface area contributed by atoms with E-state index in [0.717, 1.165) is 16.8 Å². The largest absolute Gasteiger partial charge is 0.480 e. The number of halogens is 4. The molecule has 0 amide bonds. The predicted octanol–water partition coefficient (Wildman–Crippen LogP) is 3.98. The number of benzene rings is 1. The Hall–Kier alpha value is -3.67. The number of ether oxygens (including phenoxy) is 3. The highest BCUT2D eigenvalue weighted by Gasteiger charge is 2.32. The minimum Gasteiger partial charge on any atom is -0.480 e. The molecule has 0 atom stereocenters. The molecule has 0 aliphatic carbocycles. The third kappa shape index (κ3) is 4.64. The van der Waals surface area contributed by atoms with Crippen molar-refractivity contribution in [2.75, 3.05) is 14.2 Å². The van der Waals surface area contributed by atoms with E-state index in [1.54, 1.807) is 6.92 Å². The van der Waals surface area contributed by atoms with Crippen LogP contribution >= 0.6 is 11.6 Å². The maximum Gasteiger partial charge on any atom is 0.416 e. The van der Waals surface area contributed by atoms with Crippen LogP contribution in [0.4, 0.5) is 13.2 Å². The number of aromatic nitrogens is 4. The van der Waals surface area contributed by atoms with E-state index in [4.69, 9.17) is 36.6 Å². The van der Waals surface area contributed by atoms with Crippen molar-refractivity contribution in [2.45, 2.75) is 13.1 Å². The molecule has 1 aromatic carbocycles. The molecule has 2 N–H and O–H groups in total. The molecule has 0 bridgehead atoms. The molecule has 0 fully saturated rings. The van der Waals surface area contributed by atoms with Gasteiger partial charge in [-0.1, -0.05) is 0 Å². The van der Waals surface area contributed by atoms with E-state index in [1.807, 2.05) is 0 Å². The van der Waals surface area contributed by atoms with E-state index in [2.05, 4.69) is 15.1 Å². The molecule has 168 valence electrons. The number of rotatable bonds is 5. The molecule has 13 heteroatoms. The number of hydrogen-bond acceptors (Lipinski definition) is 8. The van der Waals surface area contributed by atoms with Crippen molar-refractivity contribution in [3.63, 3.8) is 0 Å². The fourth-order valence-corrected chi connectivity index (χ4v) is 2.83. The molecule has 0 saturated carbocycles. The standard InChI is InChI=1S/C19H16ClF3N6O3/c1-9-6-14(24)29(17(20)25)28-15(9)32-13-7-10(19(21,22)23)4-5-11(13)12-8-26-18(31-3)27-16(12)30-2/h4-8,24-25H,1-3H3. The van der Waals surface area contributed by atoms with Crippen LogP contribution in [0.25, 0.3) is 11.1 Å². The summed E-state index contributed by atoms with van der Waals surface area (Å²) < 4.78 is 56.8. The van der Waals surface area contributed by atoms with Gasteiger partial charge in [0.25, 0.3) is 0 Å². The average Bonchev–Trinajstić information content (AvgIpc) is 2.74. The van der Waals surface area contributed by atoms with Crippen molar-refractivity contribution < 1.29 is 27.4 Å². The van der Waals surface area contributed by atoms with Gasteiger partial charge in [-0.25, -0.2) is 4.98 Å². The van der Waals surface area contributed by atoms with E-state index in [1.165, 1.54) is 32.5 Å². The minimum atomic E-state index is -4.64. The van der Waals surface area contributed by atoms with E-state index >= 15 is 0 Å². The zero-order chi connectivity index (χ0) is 23.6. The average molecular weight is 469 g/mol. The molecular formula is C19H16ClF3N6O3. The third-order valence-corrected chi connectivity index (χ3v) is 4.37. The number of aryl methyl sites for hydroxylation is 1. The lowest BCUT2D eigenvalue weighted by Crippen LogP contribution is -2.26. The Bertz CT molecular complexity index is 1250. The van der Waals surface area contributed by atoms with Crippen molar-refractivity contribution in [2.24, 2.45) is 0 Å².